The molecule has 0 bridgehead atoms. The van der Waals surface area contributed by atoms with Crippen LogP contribution in [0.1, 0.15) is 22.3 Å². The molecule has 1 heterocycles. The van der Waals surface area contributed by atoms with E-state index in [-0.39, 0.29) is 11.6 Å². The second kappa shape index (κ2) is 8.82. The number of ether oxygens (including phenoxy) is 2. The van der Waals surface area contributed by atoms with Gasteiger partial charge in [-0.1, -0.05) is 35.9 Å². The van der Waals surface area contributed by atoms with Crippen molar-refractivity contribution >= 4 is 28.8 Å². The van der Waals surface area contributed by atoms with Crippen LogP contribution in [0.2, 0.25) is 0 Å². The van der Waals surface area contributed by atoms with E-state index in [9.17, 15) is 9.59 Å². The predicted octanol–water partition coefficient (Wildman–Crippen LogP) is 5.03. The van der Waals surface area contributed by atoms with Crippen LogP contribution in [0.15, 0.2) is 66.4 Å². The average Bonchev–Trinajstić information content (AvgIpc) is 3.02. The molecule has 3 aromatic rings. The molecule has 0 radical (unpaired) electrons. The molecule has 0 aromatic heterocycles. The minimum Gasteiger partial charge on any atom is -0.497 e. The Kier molecular flexibility index (Phi) is 5.92. The smallest absolute Gasteiger partial charge is 0.282 e. The van der Waals surface area contributed by atoms with Gasteiger partial charge >= 0.3 is 0 Å². The molecule has 6 nitrogen and oxygen atoms in total. The molecular formula is C27H26N2O4. The molecule has 1 aliphatic rings. The topological polar surface area (TPSA) is 67.9 Å². The highest BCUT2D eigenvalue weighted by molar-refractivity contribution is 6.46. The maximum atomic E-state index is 13.6. The zero-order valence-corrected chi connectivity index (χ0v) is 19.4. The van der Waals surface area contributed by atoms with E-state index in [1.54, 1.807) is 32.4 Å². The Bertz CT molecular complexity index is 1230. The van der Waals surface area contributed by atoms with Crippen LogP contribution in [0.5, 0.6) is 11.5 Å². The summed E-state index contributed by atoms with van der Waals surface area (Å²) in [7, 11) is 3.11. The van der Waals surface area contributed by atoms with Crippen LogP contribution < -0.4 is 19.7 Å². The summed E-state index contributed by atoms with van der Waals surface area (Å²) >= 11 is 0. The third-order valence-electron chi connectivity index (χ3n) is 5.51. The molecule has 0 aliphatic carbocycles. The lowest BCUT2D eigenvalue weighted by Crippen LogP contribution is -2.32. The molecule has 3 aromatic carbocycles. The summed E-state index contributed by atoms with van der Waals surface area (Å²) < 4.78 is 10.7. The molecule has 0 saturated heterocycles. The minimum absolute atomic E-state index is 0.207. The number of nitrogens with zero attached hydrogens (tertiary/aromatic N) is 1. The van der Waals surface area contributed by atoms with Crippen molar-refractivity contribution in [3.8, 4) is 11.5 Å². The Labute approximate surface area is 193 Å². The van der Waals surface area contributed by atoms with Gasteiger partial charge in [-0.05, 0) is 49.6 Å². The first-order valence-electron chi connectivity index (χ1n) is 10.6. The van der Waals surface area contributed by atoms with E-state index < -0.39 is 5.91 Å². The fourth-order valence-corrected chi connectivity index (χ4v) is 3.97. The van der Waals surface area contributed by atoms with Gasteiger partial charge in [0.15, 0.2) is 0 Å². The quantitative estimate of drug-likeness (QED) is 0.543. The van der Waals surface area contributed by atoms with E-state index in [1.807, 2.05) is 63.2 Å². The molecule has 168 valence electrons. The van der Waals surface area contributed by atoms with Crippen molar-refractivity contribution in [2.75, 3.05) is 24.4 Å². The molecule has 0 saturated carbocycles. The van der Waals surface area contributed by atoms with Gasteiger partial charge in [0.2, 0.25) is 0 Å². The maximum absolute atomic E-state index is 13.6. The number of hydrogen-bond acceptors (Lipinski definition) is 5. The van der Waals surface area contributed by atoms with Crippen molar-refractivity contribution in [2.45, 2.75) is 20.8 Å². The van der Waals surface area contributed by atoms with Crippen LogP contribution in [0.4, 0.5) is 11.4 Å². The number of imide groups is 1. The van der Waals surface area contributed by atoms with Gasteiger partial charge in [-0.25, -0.2) is 4.90 Å². The molecule has 0 spiro atoms. The monoisotopic (exact) mass is 442 g/mol. The summed E-state index contributed by atoms with van der Waals surface area (Å²) in [4.78, 5) is 28.5. The first kappa shape index (κ1) is 22.1. The second-order valence-corrected chi connectivity index (χ2v) is 8.13. The van der Waals surface area contributed by atoms with Gasteiger partial charge in [0.05, 0.1) is 25.5 Å². The van der Waals surface area contributed by atoms with Gasteiger partial charge in [-0.2, -0.15) is 0 Å². The molecule has 1 aliphatic heterocycles. The van der Waals surface area contributed by atoms with Gasteiger partial charge in [0.25, 0.3) is 11.8 Å². The summed E-state index contributed by atoms with van der Waals surface area (Å²) in [5.74, 6) is 0.350. The lowest BCUT2D eigenvalue weighted by Gasteiger charge is -2.17. The Balaban J connectivity index is 1.85. The summed E-state index contributed by atoms with van der Waals surface area (Å²) in [6.45, 7) is 5.86. The van der Waals surface area contributed by atoms with Crippen LogP contribution >= 0.6 is 0 Å². The Morgan fingerprint density at radius 3 is 1.82 bits per heavy atom. The van der Waals surface area contributed by atoms with E-state index in [4.69, 9.17) is 9.47 Å². The Hall–Kier alpha value is -4.06. The molecule has 2 amide bonds. The van der Waals surface area contributed by atoms with Crippen LogP contribution in [0.3, 0.4) is 0 Å². The summed E-state index contributed by atoms with van der Waals surface area (Å²) in [5.41, 5.74) is 5.33. The van der Waals surface area contributed by atoms with Crippen molar-refractivity contribution < 1.29 is 19.1 Å². The van der Waals surface area contributed by atoms with Crippen LogP contribution in [-0.4, -0.2) is 26.0 Å². The number of carbonyl (C=O) groups excluding carboxylic acids is 2. The number of rotatable bonds is 6. The molecule has 0 atom stereocenters. The number of methoxy groups -OCH3 is 2. The molecule has 6 heteroatoms. The highest BCUT2D eigenvalue weighted by atomic mass is 16.5. The number of hydrogen-bond donors (Lipinski definition) is 1. The van der Waals surface area contributed by atoms with Crippen molar-refractivity contribution in [1.29, 1.82) is 0 Å². The van der Waals surface area contributed by atoms with E-state index >= 15 is 0 Å². The van der Waals surface area contributed by atoms with Gasteiger partial charge in [-0.3, -0.25) is 9.59 Å². The van der Waals surface area contributed by atoms with Gasteiger partial charge in [-0.15, -0.1) is 0 Å². The molecule has 33 heavy (non-hydrogen) atoms. The SMILES string of the molecule is COc1cc(NC2=C(c3ccc(C)cc3)C(=O)N(c3cc(C)cc(C)c3)C2=O)cc(OC)c1. The van der Waals surface area contributed by atoms with Gasteiger partial charge in [0.1, 0.15) is 17.2 Å². The van der Waals surface area contributed by atoms with Crippen molar-refractivity contribution in [1.82, 2.24) is 0 Å². The van der Waals surface area contributed by atoms with Crippen molar-refractivity contribution in [2.24, 2.45) is 0 Å². The Morgan fingerprint density at radius 2 is 1.27 bits per heavy atom. The van der Waals surface area contributed by atoms with E-state index in [2.05, 4.69) is 5.32 Å². The van der Waals surface area contributed by atoms with E-state index in [0.717, 1.165) is 16.7 Å². The number of benzene rings is 3. The molecular weight excluding hydrogens is 416 g/mol. The largest absolute Gasteiger partial charge is 0.497 e. The molecule has 4 rings (SSSR count). The number of carbonyl (C=O) groups is 2. The molecule has 0 unspecified atom stereocenters. The molecule has 0 fully saturated rings. The zero-order chi connectivity index (χ0) is 23.7. The molecule has 1 N–H and O–H groups in total. The van der Waals surface area contributed by atoms with Crippen LogP contribution in [0, 0.1) is 20.8 Å². The van der Waals surface area contributed by atoms with Crippen LogP contribution in [0.25, 0.3) is 5.57 Å². The van der Waals surface area contributed by atoms with Gasteiger partial charge in [0, 0.05) is 23.9 Å². The summed E-state index contributed by atoms with van der Waals surface area (Å²) in [6, 6.07) is 18.5. The van der Waals surface area contributed by atoms with Crippen molar-refractivity contribution in [3.63, 3.8) is 0 Å². The lowest BCUT2D eigenvalue weighted by atomic mass is 10.0. The third-order valence-corrected chi connectivity index (χ3v) is 5.51. The fraction of sp³-hybridized carbons (Fsp3) is 0.185. The lowest BCUT2D eigenvalue weighted by molar-refractivity contribution is -0.120. The number of anilines is 2. The number of aryl methyl sites for hydroxylation is 3. The van der Waals surface area contributed by atoms with Crippen LogP contribution in [-0.2, 0) is 9.59 Å². The third kappa shape index (κ3) is 4.32. The van der Waals surface area contributed by atoms with E-state index in [0.29, 0.717) is 34.0 Å². The average molecular weight is 443 g/mol. The fourth-order valence-electron chi connectivity index (χ4n) is 3.97. The maximum Gasteiger partial charge on any atom is 0.282 e. The predicted molar refractivity (Wildman–Crippen MR) is 130 cm³/mol. The zero-order valence-electron chi connectivity index (χ0n) is 19.4. The summed E-state index contributed by atoms with van der Waals surface area (Å²) in [6.07, 6.45) is 0. The standard InChI is InChI=1S/C27H26N2O4/c1-16-6-8-19(9-7-16)24-25(28-20-13-22(32-4)15-23(14-20)33-5)27(31)29(26(24)30)21-11-17(2)10-18(3)12-21/h6-15,28H,1-5H3. The normalized spacial score (nSPS) is 13.5. The number of nitrogens with one attached hydrogen (secondary N) is 1. The summed E-state index contributed by atoms with van der Waals surface area (Å²) in [5, 5.41) is 3.17. The number of amides is 2. The highest BCUT2D eigenvalue weighted by Crippen LogP contribution is 2.36. The first-order chi connectivity index (χ1) is 15.8. The van der Waals surface area contributed by atoms with Crippen molar-refractivity contribution in [3.05, 3.63) is 88.6 Å². The second-order valence-electron chi connectivity index (χ2n) is 8.13. The van der Waals surface area contributed by atoms with E-state index in [1.165, 1.54) is 4.90 Å². The first-order valence-corrected chi connectivity index (χ1v) is 10.6. The highest BCUT2D eigenvalue weighted by Gasteiger charge is 2.40. The van der Waals surface area contributed by atoms with Gasteiger partial charge < -0.3 is 14.8 Å². The minimum atomic E-state index is -0.414. The Morgan fingerprint density at radius 1 is 0.697 bits per heavy atom.